The van der Waals surface area contributed by atoms with Crippen molar-refractivity contribution < 1.29 is 9.53 Å². The van der Waals surface area contributed by atoms with Gasteiger partial charge in [-0.1, -0.05) is 11.8 Å². The average molecular weight is 260 g/mol. The minimum Gasteiger partial charge on any atom is -0.468 e. The summed E-state index contributed by atoms with van der Waals surface area (Å²) < 4.78 is 5.74. The van der Waals surface area contributed by atoms with E-state index < -0.39 is 5.54 Å². The maximum atomic E-state index is 11.6. The van der Waals surface area contributed by atoms with Crippen LogP contribution in [0.5, 0.6) is 0 Å². The van der Waals surface area contributed by atoms with Crippen LogP contribution in [-0.2, 0) is 9.53 Å². The van der Waals surface area contributed by atoms with Crippen molar-refractivity contribution in [3.63, 3.8) is 0 Å². The second-order valence-corrected chi connectivity index (χ2v) is 5.70. The Labute approximate surface area is 104 Å². The largest absolute Gasteiger partial charge is 0.468 e. The van der Waals surface area contributed by atoms with Gasteiger partial charge in [0.15, 0.2) is 0 Å². The summed E-state index contributed by atoms with van der Waals surface area (Å²) in [4.78, 5) is 15.9. The van der Waals surface area contributed by atoms with E-state index in [2.05, 4.69) is 10.3 Å². The smallest absolute Gasteiger partial charge is 0.326 e. The number of thioether (sulfide) groups is 1. The lowest BCUT2D eigenvalue weighted by Gasteiger charge is -2.24. The first kappa shape index (κ1) is 13.5. The zero-order chi connectivity index (χ0) is 12.2. The number of carbonyl (C=O) groups excluding carboxylic acids is 1. The lowest BCUT2D eigenvalue weighted by Crippen LogP contribution is -2.50. The molecule has 0 saturated carbocycles. The first-order valence-electron chi connectivity index (χ1n) is 4.84. The minimum absolute atomic E-state index is 0.254. The van der Waals surface area contributed by atoms with Crippen LogP contribution in [0.3, 0.4) is 0 Å². The Morgan fingerprint density at radius 3 is 2.88 bits per heavy atom. The molecule has 1 atom stereocenters. The van der Waals surface area contributed by atoms with Crippen molar-refractivity contribution in [2.45, 2.75) is 23.7 Å². The summed E-state index contributed by atoms with van der Waals surface area (Å²) in [5, 5.41) is 4.98. The van der Waals surface area contributed by atoms with Gasteiger partial charge in [0, 0.05) is 16.8 Å². The lowest BCUT2D eigenvalue weighted by molar-refractivity contribution is -0.146. The molecule has 0 radical (unpaired) electrons. The normalized spacial score (nSPS) is 14.5. The number of rotatable bonds is 5. The number of likely N-dealkylation sites (N-methyl/N-ethyl adjacent to an activating group) is 1. The quantitative estimate of drug-likeness (QED) is 0.645. The number of aryl methyl sites for hydroxylation is 1. The fraction of sp³-hybridized carbons (Fsp3) is 0.600. The van der Waals surface area contributed by atoms with E-state index in [-0.39, 0.29) is 5.97 Å². The lowest BCUT2D eigenvalue weighted by atomic mass is 10.1. The summed E-state index contributed by atoms with van der Waals surface area (Å²) in [6, 6.07) is 0. The number of thiazole rings is 1. The SMILES string of the molecule is CNC(C)(CSc1nc(C)cs1)C(=O)OC. The second-order valence-electron chi connectivity index (χ2n) is 3.62. The summed E-state index contributed by atoms with van der Waals surface area (Å²) in [5.41, 5.74) is 0.343. The highest BCUT2D eigenvalue weighted by molar-refractivity contribution is 8.01. The van der Waals surface area contributed by atoms with Crippen LogP contribution in [0.15, 0.2) is 9.72 Å². The fourth-order valence-corrected chi connectivity index (χ4v) is 3.06. The molecule has 0 bridgehead atoms. The fourth-order valence-electron chi connectivity index (χ4n) is 1.06. The molecule has 0 aromatic carbocycles. The van der Waals surface area contributed by atoms with E-state index >= 15 is 0 Å². The predicted octanol–water partition coefficient (Wildman–Crippen LogP) is 1.69. The van der Waals surface area contributed by atoms with Gasteiger partial charge in [-0.3, -0.25) is 4.79 Å². The molecule has 0 amide bonds. The van der Waals surface area contributed by atoms with Crippen molar-refractivity contribution in [3.05, 3.63) is 11.1 Å². The molecule has 1 rings (SSSR count). The van der Waals surface area contributed by atoms with Crippen LogP contribution < -0.4 is 5.32 Å². The highest BCUT2D eigenvalue weighted by Gasteiger charge is 2.32. The van der Waals surface area contributed by atoms with Gasteiger partial charge in [-0.2, -0.15) is 0 Å². The molecule has 1 N–H and O–H groups in total. The summed E-state index contributed by atoms with van der Waals surface area (Å²) in [5.74, 6) is 0.346. The third-order valence-electron chi connectivity index (χ3n) is 2.27. The maximum Gasteiger partial charge on any atom is 0.326 e. The Kier molecular flexibility index (Phi) is 4.76. The van der Waals surface area contributed by atoms with E-state index in [1.807, 2.05) is 19.2 Å². The van der Waals surface area contributed by atoms with Gasteiger partial charge in [-0.05, 0) is 20.9 Å². The Morgan fingerprint density at radius 2 is 2.44 bits per heavy atom. The maximum absolute atomic E-state index is 11.6. The average Bonchev–Trinajstić information content (AvgIpc) is 2.71. The van der Waals surface area contributed by atoms with Crippen molar-refractivity contribution in [2.24, 2.45) is 0 Å². The molecule has 1 heterocycles. The monoisotopic (exact) mass is 260 g/mol. The van der Waals surface area contributed by atoms with Gasteiger partial charge in [0.05, 0.1) is 7.11 Å². The van der Waals surface area contributed by atoms with Gasteiger partial charge in [-0.15, -0.1) is 11.3 Å². The molecule has 0 aliphatic rings. The standard InChI is InChI=1S/C10H16N2O2S2/c1-7-5-15-9(12-7)16-6-10(2,11-3)8(13)14-4/h5,11H,6H2,1-4H3. The number of carbonyl (C=O) groups is 1. The first-order valence-corrected chi connectivity index (χ1v) is 6.70. The highest BCUT2D eigenvalue weighted by atomic mass is 32.2. The second kappa shape index (κ2) is 5.65. The highest BCUT2D eigenvalue weighted by Crippen LogP contribution is 2.26. The van der Waals surface area contributed by atoms with Gasteiger partial charge >= 0.3 is 5.97 Å². The third-order valence-corrected chi connectivity index (χ3v) is 4.72. The van der Waals surface area contributed by atoms with Crippen molar-refractivity contribution in [1.82, 2.24) is 10.3 Å². The third kappa shape index (κ3) is 3.20. The molecule has 4 nitrogen and oxygen atoms in total. The van der Waals surface area contributed by atoms with Crippen LogP contribution in [0.4, 0.5) is 0 Å². The molecule has 0 aliphatic heterocycles. The van der Waals surface area contributed by atoms with E-state index in [1.54, 1.807) is 30.1 Å². The number of aromatic nitrogens is 1. The predicted molar refractivity (Wildman–Crippen MR) is 67.1 cm³/mol. The Bertz CT molecular complexity index is 367. The van der Waals surface area contributed by atoms with Gasteiger partial charge in [0.2, 0.25) is 0 Å². The number of hydrogen-bond donors (Lipinski definition) is 1. The Balaban J connectivity index is 2.61. The molecular formula is C10H16N2O2S2. The van der Waals surface area contributed by atoms with Crippen molar-refractivity contribution in [1.29, 1.82) is 0 Å². The Hall–Kier alpha value is -0.590. The molecule has 90 valence electrons. The van der Waals surface area contributed by atoms with E-state index in [0.29, 0.717) is 5.75 Å². The molecule has 16 heavy (non-hydrogen) atoms. The molecule has 0 spiro atoms. The number of esters is 1. The number of hydrogen-bond acceptors (Lipinski definition) is 6. The topological polar surface area (TPSA) is 51.2 Å². The molecule has 0 fully saturated rings. The molecule has 6 heteroatoms. The van der Waals surface area contributed by atoms with E-state index in [1.165, 1.54) is 7.11 Å². The Morgan fingerprint density at radius 1 is 1.75 bits per heavy atom. The van der Waals surface area contributed by atoms with E-state index in [0.717, 1.165) is 10.0 Å². The minimum atomic E-state index is -0.668. The molecule has 1 unspecified atom stereocenters. The number of ether oxygens (including phenoxy) is 1. The van der Waals surface area contributed by atoms with Crippen molar-refractivity contribution in [2.75, 3.05) is 19.9 Å². The van der Waals surface area contributed by atoms with Gasteiger partial charge in [0.1, 0.15) is 9.88 Å². The van der Waals surface area contributed by atoms with E-state index in [9.17, 15) is 4.79 Å². The molecule has 1 aromatic rings. The van der Waals surface area contributed by atoms with Crippen LogP contribution in [0, 0.1) is 6.92 Å². The van der Waals surface area contributed by atoms with Crippen LogP contribution in [0.25, 0.3) is 0 Å². The van der Waals surface area contributed by atoms with Gasteiger partial charge in [0.25, 0.3) is 0 Å². The van der Waals surface area contributed by atoms with Gasteiger partial charge < -0.3 is 10.1 Å². The zero-order valence-electron chi connectivity index (χ0n) is 9.86. The summed E-state index contributed by atoms with van der Waals surface area (Å²) in [6.45, 7) is 3.78. The summed E-state index contributed by atoms with van der Waals surface area (Å²) in [6.07, 6.45) is 0. The van der Waals surface area contributed by atoms with Crippen LogP contribution in [0.1, 0.15) is 12.6 Å². The molecule has 1 aromatic heterocycles. The molecule has 0 aliphatic carbocycles. The van der Waals surface area contributed by atoms with Crippen LogP contribution >= 0.6 is 23.1 Å². The van der Waals surface area contributed by atoms with Crippen molar-refractivity contribution >= 4 is 29.1 Å². The van der Waals surface area contributed by atoms with E-state index in [4.69, 9.17) is 4.74 Å². The van der Waals surface area contributed by atoms with Crippen LogP contribution in [0.2, 0.25) is 0 Å². The first-order chi connectivity index (χ1) is 7.51. The number of nitrogens with one attached hydrogen (secondary N) is 1. The zero-order valence-corrected chi connectivity index (χ0v) is 11.5. The van der Waals surface area contributed by atoms with Gasteiger partial charge in [-0.25, -0.2) is 4.98 Å². The number of nitrogens with zero attached hydrogens (tertiary/aromatic N) is 1. The summed E-state index contributed by atoms with van der Waals surface area (Å²) >= 11 is 3.15. The molecule has 0 saturated heterocycles. The number of methoxy groups -OCH3 is 1. The summed E-state index contributed by atoms with van der Waals surface area (Å²) in [7, 11) is 3.15. The van der Waals surface area contributed by atoms with Crippen LogP contribution in [-0.4, -0.2) is 36.4 Å². The van der Waals surface area contributed by atoms with Crippen molar-refractivity contribution in [3.8, 4) is 0 Å². The molecular weight excluding hydrogens is 244 g/mol.